The number of hydrogen-bond donors (Lipinski definition) is 2. The monoisotopic (exact) mass is 313 g/mol. The number of likely N-dealkylation sites (N-methyl/N-ethyl adjacent to an activating group) is 1. The Morgan fingerprint density at radius 3 is 2.04 bits per heavy atom. The average molecular weight is 313 g/mol. The molecule has 0 aliphatic heterocycles. The standard InChI is InChI=1S/C19H25N2O2/c1-2-21(14-16-23)19-7-5-17(6-8-19)3-4-18-9-11-20(12-10-18)13-15-22/h3-12,22-23H,2,13-16H2,1H3/q+1. The number of rotatable bonds is 8. The molecule has 0 atom stereocenters. The predicted octanol–water partition coefficient (Wildman–Crippen LogP) is 1.96. The van der Waals surface area contributed by atoms with Gasteiger partial charge in [0, 0.05) is 30.9 Å². The molecule has 0 spiro atoms. The van der Waals surface area contributed by atoms with Crippen LogP contribution in [-0.2, 0) is 6.54 Å². The maximum Gasteiger partial charge on any atom is 0.171 e. The molecule has 0 saturated carbocycles. The van der Waals surface area contributed by atoms with Gasteiger partial charge in [0.15, 0.2) is 18.9 Å². The van der Waals surface area contributed by atoms with E-state index in [0.29, 0.717) is 13.1 Å². The molecule has 4 heteroatoms. The molecular weight excluding hydrogens is 288 g/mol. The first-order valence-corrected chi connectivity index (χ1v) is 8.00. The van der Waals surface area contributed by atoms with Crippen LogP contribution < -0.4 is 9.47 Å². The zero-order valence-corrected chi connectivity index (χ0v) is 13.6. The zero-order chi connectivity index (χ0) is 16.5. The Kier molecular flexibility index (Phi) is 6.78. The molecule has 1 aromatic carbocycles. The van der Waals surface area contributed by atoms with E-state index in [1.165, 1.54) is 0 Å². The van der Waals surface area contributed by atoms with Crippen molar-refractivity contribution < 1.29 is 14.8 Å². The Hall–Kier alpha value is -2.17. The fourth-order valence-electron chi connectivity index (χ4n) is 2.42. The van der Waals surface area contributed by atoms with Crippen molar-refractivity contribution in [3.8, 4) is 0 Å². The summed E-state index contributed by atoms with van der Waals surface area (Å²) in [6, 6.07) is 12.4. The maximum atomic E-state index is 9.08. The molecule has 0 unspecified atom stereocenters. The molecule has 0 aliphatic rings. The summed E-state index contributed by atoms with van der Waals surface area (Å²) in [5.41, 5.74) is 3.39. The summed E-state index contributed by atoms with van der Waals surface area (Å²) < 4.78 is 1.95. The van der Waals surface area contributed by atoms with Crippen LogP contribution in [0.1, 0.15) is 18.1 Å². The van der Waals surface area contributed by atoms with E-state index in [1.807, 2.05) is 29.1 Å². The number of nitrogens with zero attached hydrogens (tertiary/aromatic N) is 2. The number of aliphatic hydroxyl groups excluding tert-OH is 2. The molecular formula is C19H25N2O2+. The van der Waals surface area contributed by atoms with Gasteiger partial charge in [0.25, 0.3) is 0 Å². The molecule has 23 heavy (non-hydrogen) atoms. The SMILES string of the molecule is CCN(CCO)c1ccc(C=Cc2cc[n+](CCO)cc2)cc1. The lowest BCUT2D eigenvalue weighted by Gasteiger charge is -2.21. The summed E-state index contributed by atoms with van der Waals surface area (Å²) in [6.07, 6.45) is 8.08. The molecule has 0 amide bonds. The molecule has 0 bridgehead atoms. The predicted molar refractivity (Wildman–Crippen MR) is 94.1 cm³/mol. The highest BCUT2D eigenvalue weighted by atomic mass is 16.3. The molecule has 4 nitrogen and oxygen atoms in total. The zero-order valence-electron chi connectivity index (χ0n) is 13.6. The Balaban J connectivity index is 2.02. The first-order valence-electron chi connectivity index (χ1n) is 8.00. The minimum atomic E-state index is 0.150. The quantitative estimate of drug-likeness (QED) is 0.733. The Bertz CT molecular complexity index is 606. The largest absolute Gasteiger partial charge is 0.395 e. The van der Waals surface area contributed by atoms with E-state index >= 15 is 0 Å². The van der Waals surface area contributed by atoms with Gasteiger partial charge in [-0.15, -0.1) is 0 Å². The van der Waals surface area contributed by atoms with Gasteiger partial charge in [-0.2, -0.15) is 0 Å². The second-order valence-corrected chi connectivity index (χ2v) is 5.32. The summed E-state index contributed by atoms with van der Waals surface area (Å²) >= 11 is 0. The van der Waals surface area contributed by atoms with Crippen LogP contribution in [-0.4, -0.2) is 36.5 Å². The third-order valence-electron chi connectivity index (χ3n) is 3.75. The molecule has 0 fully saturated rings. The fraction of sp³-hybridized carbons (Fsp3) is 0.316. The van der Waals surface area contributed by atoms with Gasteiger partial charge in [0.05, 0.1) is 6.61 Å². The first kappa shape index (κ1) is 17.2. The van der Waals surface area contributed by atoms with Crippen molar-refractivity contribution in [3.63, 3.8) is 0 Å². The van der Waals surface area contributed by atoms with E-state index in [0.717, 1.165) is 23.4 Å². The third kappa shape index (κ3) is 5.20. The van der Waals surface area contributed by atoms with Crippen molar-refractivity contribution in [1.82, 2.24) is 0 Å². The molecule has 2 N–H and O–H groups in total. The third-order valence-corrected chi connectivity index (χ3v) is 3.75. The topological polar surface area (TPSA) is 47.6 Å². The smallest absolute Gasteiger partial charge is 0.171 e. The van der Waals surface area contributed by atoms with Crippen LogP contribution in [0.5, 0.6) is 0 Å². The van der Waals surface area contributed by atoms with E-state index in [-0.39, 0.29) is 13.2 Å². The van der Waals surface area contributed by atoms with E-state index in [9.17, 15) is 0 Å². The van der Waals surface area contributed by atoms with E-state index in [1.54, 1.807) is 0 Å². The number of anilines is 1. The molecule has 2 aromatic rings. The summed E-state index contributed by atoms with van der Waals surface area (Å²) in [4.78, 5) is 2.14. The average Bonchev–Trinajstić information content (AvgIpc) is 2.60. The maximum absolute atomic E-state index is 9.08. The Morgan fingerprint density at radius 1 is 0.913 bits per heavy atom. The van der Waals surface area contributed by atoms with Crippen LogP contribution in [0.4, 0.5) is 5.69 Å². The normalized spacial score (nSPS) is 11.1. The van der Waals surface area contributed by atoms with Gasteiger partial charge in [-0.25, -0.2) is 4.57 Å². The van der Waals surface area contributed by atoms with Crippen LogP contribution in [0.2, 0.25) is 0 Å². The molecule has 1 aromatic heterocycles. The molecule has 0 saturated heterocycles. The van der Waals surface area contributed by atoms with Crippen molar-refractivity contribution in [3.05, 3.63) is 59.9 Å². The van der Waals surface area contributed by atoms with Crippen LogP contribution in [0.3, 0.4) is 0 Å². The first-order chi connectivity index (χ1) is 11.3. The highest BCUT2D eigenvalue weighted by molar-refractivity contribution is 5.70. The van der Waals surface area contributed by atoms with E-state index in [4.69, 9.17) is 10.2 Å². The van der Waals surface area contributed by atoms with E-state index in [2.05, 4.69) is 48.2 Å². The minimum absolute atomic E-state index is 0.150. The van der Waals surface area contributed by atoms with E-state index < -0.39 is 0 Å². The number of aromatic nitrogens is 1. The van der Waals surface area contributed by atoms with Gasteiger partial charge in [0.1, 0.15) is 6.61 Å². The number of pyridine rings is 1. The van der Waals surface area contributed by atoms with Gasteiger partial charge < -0.3 is 15.1 Å². The minimum Gasteiger partial charge on any atom is -0.395 e. The van der Waals surface area contributed by atoms with Crippen molar-refractivity contribution >= 4 is 17.8 Å². The van der Waals surface area contributed by atoms with Gasteiger partial charge in [0.2, 0.25) is 0 Å². The van der Waals surface area contributed by atoms with Crippen LogP contribution >= 0.6 is 0 Å². The molecule has 122 valence electrons. The Morgan fingerprint density at radius 2 is 1.52 bits per heavy atom. The lowest BCUT2D eigenvalue weighted by Crippen LogP contribution is -2.34. The van der Waals surface area contributed by atoms with Crippen molar-refractivity contribution in [2.45, 2.75) is 13.5 Å². The van der Waals surface area contributed by atoms with Crippen molar-refractivity contribution in [1.29, 1.82) is 0 Å². The summed E-state index contributed by atoms with van der Waals surface area (Å²) in [5.74, 6) is 0. The highest BCUT2D eigenvalue weighted by Crippen LogP contribution is 2.16. The van der Waals surface area contributed by atoms with Crippen molar-refractivity contribution in [2.24, 2.45) is 0 Å². The second kappa shape index (κ2) is 9.08. The van der Waals surface area contributed by atoms with Crippen LogP contribution in [0.15, 0.2) is 48.8 Å². The van der Waals surface area contributed by atoms with Gasteiger partial charge in [-0.05, 0) is 30.2 Å². The van der Waals surface area contributed by atoms with Crippen LogP contribution in [0.25, 0.3) is 12.2 Å². The summed E-state index contributed by atoms with van der Waals surface area (Å²) in [5, 5.41) is 18.0. The molecule has 0 radical (unpaired) electrons. The lowest BCUT2D eigenvalue weighted by molar-refractivity contribution is -0.698. The Labute approximate surface area is 137 Å². The lowest BCUT2D eigenvalue weighted by atomic mass is 10.1. The van der Waals surface area contributed by atoms with Crippen LogP contribution in [0, 0.1) is 0 Å². The number of aliphatic hydroxyl groups is 2. The number of benzene rings is 1. The molecule has 1 heterocycles. The second-order valence-electron chi connectivity index (χ2n) is 5.32. The number of hydrogen-bond acceptors (Lipinski definition) is 3. The molecule has 2 rings (SSSR count). The highest BCUT2D eigenvalue weighted by Gasteiger charge is 2.02. The summed E-state index contributed by atoms with van der Waals surface area (Å²) in [6.45, 7) is 4.56. The van der Waals surface area contributed by atoms with Gasteiger partial charge in [-0.3, -0.25) is 0 Å². The molecule has 0 aliphatic carbocycles. The van der Waals surface area contributed by atoms with Gasteiger partial charge in [-0.1, -0.05) is 24.3 Å². The fourth-order valence-corrected chi connectivity index (χ4v) is 2.42. The van der Waals surface area contributed by atoms with Gasteiger partial charge >= 0.3 is 0 Å². The summed E-state index contributed by atoms with van der Waals surface area (Å²) in [7, 11) is 0. The van der Waals surface area contributed by atoms with Crippen molar-refractivity contribution in [2.75, 3.05) is 31.2 Å².